The van der Waals surface area contributed by atoms with Gasteiger partial charge >= 0.3 is 5.97 Å². The molecule has 2 rings (SSSR count). The topological polar surface area (TPSA) is 61.4 Å². The van der Waals surface area contributed by atoms with Crippen LogP contribution < -0.4 is 10.6 Å². The lowest BCUT2D eigenvalue weighted by atomic mass is 9.76. The molecule has 1 aliphatic rings. The van der Waals surface area contributed by atoms with Crippen molar-refractivity contribution in [1.82, 2.24) is 5.32 Å². The summed E-state index contributed by atoms with van der Waals surface area (Å²) in [7, 11) is 1.90. The molecule has 0 bridgehead atoms. The van der Waals surface area contributed by atoms with Crippen LogP contribution in [0.1, 0.15) is 24.8 Å². The number of aliphatic carboxylic acids is 1. The van der Waals surface area contributed by atoms with E-state index >= 15 is 0 Å². The molecule has 1 fully saturated rings. The quantitative estimate of drug-likeness (QED) is 0.727. The van der Waals surface area contributed by atoms with Crippen molar-refractivity contribution in [3.8, 4) is 0 Å². The van der Waals surface area contributed by atoms with E-state index in [2.05, 4.69) is 10.6 Å². The highest BCUT2D eigenvalue weighted by molar-refractivity contribution is 5.84. The van der Waals surface area contributed by atoms with Crippen molar-refractivity contribution in [2.45, 2.75) is 31.3 Å². The minimum absolute atomic E-state index is 0.709. The molecule has 92 valence electrons. The summed E-state index contributed by atoms with van der Waals surface area (Å²) in [5.41, 5.74) is 1.34. The fourth-order valence-corrected chi connectivity index (χ4v) is 2.11. The largest absolute Gasteiger partial charge is 0.480 e. The molecule has 0 aliphatic heterocycles. The Morgan fingerprint density at radius 1 is 1.35 bits per heavy atom. The molecule has 1 aromatic carbocycles. The highest BCUT2D eigenvalue weighted by Gasteiger charge is 2.44. The Balaban J connectivity index is 2.05. The van der Waals surface area contributed by atoms with E-state index in [-0.39, 0.29) is 0 Å². The van der Waals surface area contributed by atoms with Crippen molar-refractivity contribution < 1.29 is 9.90 Å². The molecule has 0 saturated heterocycles. The summed E-state index contributed by atoms with van der Waals surface area (Å²) in [4.78, 5) is 11.2. The van der Waals surface area contributed by atoms with Crippen LogP contribution in [0.15, 0.2) is 24.3 Å². The number of anilines is 1. The van der Waals surface area contributed by atoms with E-state index in [4.69, 9.17) is 0 Å². The van der Waals surface area contributed by atoms with Crippen LogP contribution in [0.3, 0.4) is 0 Å². The van der Waals surface area contributed by atoms with Crippen LogP contribution in [0.25, 0.3) is 0 Å². The van der Waals surface area contributed by atoms with Gasteiger partial charge in [0.15, 0.2) is 0 Å². The van der Waals surface area contributed by atoms with Gasteiger partial charge in [-0.1, -0.05) is 12.1 Å². The summed E-state index contributed by atoms with van der Waals surface area (Å²) < 4.78 is 0. The molecular weight excluding hydrogens is 216 g/mol. The molecule has 4 nitrogen and oxygen atoms in total. The number of benzene rings is 1. The van der Waals surface area contributed by atoms with Gasteiger partial charge in [-0.15, -0.1) is 0 Å². The molecule has 1 aliphatic carbocycles. The third-order valence-electron chi connectivity index (χ3n) is 3.33. The molecule has 0 aromatic heterocycles. The second-order valence-electron chi connectivity index (χ2n) is 4.59. The van der Waals surface area contributed by atoms with E-state index in [1.54, 1.807) is 0 Å². The predicted octanol–water partition coefficient (Wildman–Crippen LogP) is 1.83. The maximum atomic E-state index is 11.2. The fourth-order valence-electron chi connectivity index (χ4n) is 2.11. The fraction of sp³-hybridized carbons (Fsp3) is 0.462. The van der Waals surface area contributed by atoms with Crippen LogP contribution >= 0.6 is 0 Å². The van der Waals surface area contributed by atoms with Crippen LogP contribution in [0.2, 0.25) is 0 Å². The number of rotatable bonds is 5. The van der Waals surface area contributed by atoms with Gasteiger partial charge in [0.1, 0.15) is 5.54 Å². The molecule has 3 N–H and O–H groups in total. The van der Waals surface area contributed by atoms with Crippen LogP contribution in [0.4, 0.5) is 5.69 Å². The van der Waals surface area contributed by atoms with Gasteiger partial charge in [0, 0.05) is 12.2 Å². The third-order valence-corrected chi connectivity index (χ3v) is 3.33. The van der Waals surface area contributed by atoms with Gasteiger partial charge in [-0.05, 0) is 44.0 Å². The Labute approximate surface area is 101 Å². The smallest absolute Gasteiger partial charge is 0.329 e. The summed E-state index contributed by atoms with van der Waals surface area (Å²) in [5.74, 6) is -0.747. The first-order chi connectivity index (χ1) is 8.16. The Bertz CT molecular complexity index is 396. The minimum Gasteiger partial charge on any atom is -0.480 e. The van der Waals surface area contributed by atoms with Gasteiger partial charge < -0.3 is 15.7 Å². The zero-order chi connectivity index (χ0) is 12.3. The number of hydrogen-bond donors (Lipinski definition) is 3. The maximum Gasteiger partial charge on any atom is 0.329 e. The Hall–Kier alpha value is -1.55. The lowest BCUT2D eigenvalue weighted by Gasteiger charge is -2.39. The van der Waals surface area contributed by atoms with E-state index in [1.807, 2.05) is 31.3 Å². The third kappa shape index (κ3) is 2.42. The van der Waals surface area contributed by atoms with Gasteiger partial charge in [-0.2, -0.15) is 0 Å². The highest BCUT2D eigenvalue weighted by atomic mass is 16.4. The zero-order valence-electron chi connectivity index (χ0n) is 9.99. The summed E-state index contributed by atoms with van der Waals surface area (Å²) in [6.45, 7) is 0.824. The lowest BCUT2D eigenvalue weighted by Crippen LogP contribution is -2.52. The molecule has 1 saturated carbocycles. The first-order valence-electron chi connectivity index (χ1n) is 5.91. The van der Waals surface area contributed by atoms with Crippen molar-refractivity contribution in [3.05, 3.63) is 29.8 Å². The van der Waals surface area contributed by atoms with Gasteiger partial charge in [-0.25, -0.2) is 4.79 Å². The van der Waals surface area contributed by atoms with Crippen molar-refractivity contribution in [2.24, 2.45) is 0 Å². The normalized spacial score (nSPS) is 17.2. The summed E-state index contributed by atoms with van der Waals surface area (Å²) in [6, 6.07) is 7.89. The Morgan fingerprint density at radius 2 is 2.00 bits per heavy atom. The lowest BCUT2D eigenvalue weighted by molar-refractivity contribution is -0.145. The molecule has 0 heterocycles. The van der Waals surface area contributed by atoms with E-state index in [1.165, 1.54) is 5.56 Å². The first kappa shape index (κ1) is 11.9. The summed E-state index contributed by atoms with van der Waals surface area (Å²) in [5, 5.41) is 15.4. The number of carbonyl (C=O) groups is 1. The average Bonchev–Trinajstić information content (AvgIpc) is 2.25. The standard InChI is InChI=1S/C13H18N2O2/c1-14-9-10-3-5-11(6-4-10)15-13(12(16)17)7-2-8-13/h3-6,14-15H,2,7-9H2,1H3,(H,16,17). The Kier molecular flexibility index (Phi) is 3.33. The first-order valence-corrected chi connectivity index (χ1v) is 5.91. The monoisotopic (exact) mass is 234 g/mol. The summed E-state index contributed by atoms with van der Waals surface area (Å²) in [6.07, 6.45) is 2.40. The molecule has 0 atom stereocenters. The van der Waals surface area contributed by atoms with E-state index in [0.717, 1.165) is 18.7 Å². The van der Waals surface area contributed by atoms with Crippen LogP contribution in [-0.2, 0) is 11.3 Å². The van der Waals surface area contributed by atoms with Crippen LogP contribution in [-0.4, -0.2) is 23.7 Å². The Morgan fingerprint density at radius 3 is 2.41 bits per heavy atom. The minimum atomic E-state index is -0.747. The average molecular weight is 234 g/mol. The molecule has 0 amide bonds. The SMILES string of the molecule is CNCc1ccc(NC2(C(=O)O)CCC2)cc1. The van der Waals surface area contributed by atoms with Crippen LogP contribution in [0.5, 0.6) is 0 Å². The van der Waals surface area contributed by atoms with Crippen molar-refractivity contribution >= 4 is 11.7 Å². The van der Waals surface area contributed by atoms with Crippen LogP contribution in [0, 0.1) is 0 Å². The number of hydrogen-bond acceptors (Lipinski definition) is 3. The van der Waals surface area contributed by atoms with Gasteiger partial charge in [0.25, 0.3) is 0 Å². The van der Waals surface area contributed by atoms with Crippen molar-refractivity contribution in [1.29, 1.82) is 0 Å². The van der Waals surface area contributed by atoms with Gasteiger partial charge in [0.05, 0.1) is 0 Å². The van der Waals surface area contributed by atoms with Gasteiger partial charge in [-0.3, -0.25) is 0 Å². The van der Waals surface area contributed by atoms with Crippen molar-refractivity contribution in [3.63, 3.8) is 0 Å². The number of nitrogens with one attached hydrogen (secondary N) is 2. The molecular formula is C13H18N2O2. The molecule has 0 radical (unpaired) electrons. The number of carboxylic acids is 1. The molecule has 17 heavy (non-hydrogen) atoms. The summed E-state index contributed by atoms with van der Waals surface area (Å²) >= 11 is 0. The molecule has 0 spiro atoms. The zero-order valence-corrected chi connectivity index (χ0v) is 9.99. The highest BCUT2D eigenvalue weighted by Crippen LogP contribution is 2.35. The second-order valence-corrected chi connectivity index (χ2v) is 4.59. The maximum absolute atomic E-state index is 11.2. The predicted molar refractivity (Wildman–Crippen MR) is 67.0 cm³/mol. The van der Waals surface area contributed by atoms with Gasteiger partial charge in [0.2, 0.25) is 0 Å². The molecule has 0 unspecified atom stereocenters. The van der Waals surface area contributed by atoms with E-state index in [9.17, 15) is 9.90 Å². The second kappa shape index (κ2) is 4.75. The molecule has 1 aromatic rings. The van der Waals surface area contributed by atoms with E-state index in [0.29, 0.717) is 12.8 Å². The van der Waals surface area contributed by atoms with E-state index < -0.39 is 11.5 Å². The van der Waals surface area contributed by atoms with Crippen molar-refractivity contribution in [2.75, 3.05) is 12.4 Å². The molecule has 4 heteroatoms. The number of carboxylic acid groups (broad SMARTS) is 1.